The summed E-state index contributed by atoms with van der Waals surface area (Å²) in [6, 6.07) is 8.70. The molecule has 3 heterocycles. The molecule has 1 spiro atoms. The number of rotatable bonds is 3. The summed E-state index contributed by atoms with van der Waals surface area (Å²) in [5, 5.41) is 7.49. The fourth-order valence-corrected chi connectivity index (χ4v) is 5.49. The molecule has 1 unspecified atom stereocenters. The number of carbonyl (C=O) groups excluding carboxylic acids is 1. The number of aryl methyl sites for hydroxylation is 2. The summed E-state index contributed by atoms with van der Waals surface area (Å²) >= 11 is 0. The number of piperazine rings is 1. The van der Waals surface area contributed by atoms with Crippen LogP contribution < -0.4 is 4.90 Å². The molecule has 6 nitrogen and oxygen atoms in total. The van der Waals surface area contributed by atoms with Crippen LogP contribution in [0, 0.1) is 6.92 Å². The number of hydrogen-bond acceptors (Lipinski definition) is 4. The minimum absolute atomic E-state index is 0.115. The predicted octanol–water partition coefficient (Wildman–Crippen LogP) is 2.35. The molecule has 2 aliphatic heterocycles. The highest BCUT2D eigenvalue weighted by Gasteiger charge is 2.44. The van der Waals surface area contributed by atoms with Crippen molar-refractivity contribution in [1.82, 2.24) is 20.0 Å². The maximum absolute atomic E-state index is 13.1. The number of amides is 1. The van der Waals surface area contributed by atoms with E-state index in [9.17, 15) is 4.79 Å². The van der Waals surface area contributed by atoms with Gasteiger partial charge in [0.05, 0.1) is 12.7 Å². The first-order valence-corrected chi connectivity index (χ1v) is 11.0. The van der Waals surface area contributed by atoms with Crippen LogP contribution in [0.4, 0.5) is 5.69 Å². The fraction of sp³-hybridized carbons (Fsp3) is 0.565. The van der Waals surface area contributed by atoms with Gasteiger partial charge in [-0.3, -0.25) is 14.8 Å². The Kier molecular flexibility index (Phi) is 4.82. The molecule has 0 radical (unpaired) electrons. The van der Waals surface area contributed by atoms with E-state index >= 15 is 0 Å². The number of anilines is 1. The van der Waals surface area contributed by atoms with Crippen LogP contribution in [0.25, 0.3) is 0 Å². The van der Waals surface area contributed by atoms with Crippen molar-refractivity contribution in [2.75, 3.05) is 50.7 Å². The highest BCUT2D eigenvalue weighted by Crippen LogP contribution is 2.43. The number of nitrogens with one attached hydrogen (secondary N) is 1. The molecule has 1 aliphatic carbocycles. The van der Waals surface area contributed by atoms with E-state index in [0.29, 0.717) is 12.5 Å². The van der Waals surface area contributed by atoms with E-state index in [-0.39, 0.29) is 5.41 Å². The van der Waals surface area contributed by atoms with Crippen LogP contribution in [0.3, 0.4) is 0 Å². The van der Waals surface area contributed by atoms with Crippen molar-refractivity contribution in [3.05, 3.63) is 47.3 Å². The standard InChI is InChI=1S/C23H31N5O/c1-18-4-2-5-20(14-18)27-12-10-26(11-13-27)16-21(29)28-9-3-7-23(17-28)8-6-19-15-24-25-22(19)23/h2,4-5,14-15H,3,6-13,16-17H2,1H3,(H,24,25). The Morgan fingerprint density at radius 3 is 2.86 bits per heavy atom. The Balaban J connectivity index is 1.17. The van der Waals surface area contributed by atoms with Crippen LogP contribution in [-0.2, 0) is 16.6 Å². The number of hydrogen-bond donors (Lipinski definition) is 1. The highest BCUT2D eigenvalue weighted by atomic mass is 16.2. The number of fused-ring (bicyclic) bond motifs is 2. The molecule has 5 rings (SSSR count). The van der Waals surface area contributed by atoms with Gasteiger partial charge in [0, 0.05) is 56.1 Å². The summed E-state index contributed by atoms with van der Waals surface area (Å²) in [6.45, 7) is 8.30. The Morgan fingerprint density at radius 2 is 2.03 bits per heavy atom. The summed E-state index contributed by atoms with van der Waals surface area (Å²) < 4.78 is 0. The van der Waals surface area contributed by atoms with E-state index in [4.69, 9.17) is 0 Å². The summed E-state index contributed by atoms with van der Waals surface area (Å²) in [5.41, 5.74) is 5.36. The van der Waals surface area contributed by atoms with Crippen LogP contribution in [0.15, 0.2) is 30.5 Å². The number of aromatic amines is 1. The van der Waals surface area contributed by atoms with Crippen LogP contribution in [-0.4, -0.2) is 71.7 Å². The Labute approximate surface area is 172 Å². The van der Waals surface area contributed by atoms with Gasteiger partial charge in [0.25, 0.3) is 0 Å². The van der Waals surface area contributed by atoms with Gasteiger partial charge in [-0.15, -0.1) is 0 Å². The lowest BCUT2D eigenvalue weighted by Gasteiger charge is -2.42. The molecule has 29 heavy (non-hydrogen) atoms. The van der Waals surface area contributed by atoms with Crippen molar-refractivity contribution >= 4 is 11.6 Å². The van der Waals surface area contributed by atoms with Gasteiger partial charge in [0.1, 0.15) is 0 Å². The largest absolute Gasteiger partial charge is 0.369 e. The van der Waals surface area contributed by atoms with Gasteiger partial charge in [-0.1, -0.05) is 12.1 Å². The fourth-order valence-electron chi connectivity index (χ4n) is 5.49. The number of carbonyl (C=O) groups is 1. The second-order valence-electron chi connectivity index (χ2n) is 9.07. The number of piperidine rings is 1. The van der Waals surface area contributed by atoms with E-state index in [1.54, 1.807) is 0 Å². The van der Waals surface area contributed by atoms with Gasteiger partial charge < -0.3 is 9.80 Å². The molecule has 1 atom stereocenters. The van der Waals surface area contributed by atoms with Crippen LogP contribution >= 0.6 is 0 Å². The molecule has 2 saturated heterocycles. The third-order valence-corrected chi connectivity index (χ3v) is 7.15. The van der Waals surface area contributed by atoms with Crippen LogP contribution in [0.1, 0.15) is 36.1 Å². The number of likely N-dealkylation sites (tertiary alicyclic amines) is 1. The van der Waals surface area contributed by atoms with Crippen molar-refractivity contribution in [3.8, 4) is 0 Å². The van der Waals surface area contributed by atoms with Gasteiger partial charge in [0.15, 0.2) is 0 Å². The van der Waals surface area contributed by atoms with Gasteiger partial charge in [-0.2, -0.15) is 5.10 Å². The number of nitrogens with zero attached hydrogens (tertiary/aromatic N) is 4. The van der Waals surface area contributed by atoms with E-state index in [2.05, 4.69) is 56.1 Å². The van der Waals surface area contributed by atoms with E-state index < -0.39 is 0 Å². The molecule has 1 aromatic heterocycles. The number of benzene rings is 1. The Morgan fingerprint density at radius 1 is 1.17 bits per heavy atom. The molecule has 2 fully saturated rings. The smallest absolute Gasteiger partial charge is 0.236 e. The SMILES string of the molecule is Cc1cccc(N2CCN(CC(=O)N3CCCC4(CCc5cn[nH]c54)C3)CC2)c1. The Bertz CT molecular complexity index is 885. The highest BCUT2D eigenvalue weighted by molar-refractivity contribution is 5.78. The lowest BCUT2D eigenvalue weighted by Crippen LogP contribution is -2.53. The van der Waals surface area contributed by atoms with Crippen molar-refractivity contribution < 1.29 is 4.79 Å². The van der Waals surface area contributed by atoms with Crippen LogP contribution in [0.2, 0.25) is 0 Å². The van der Waals surface area contributed by atoms with Gasteiger partial charge >= 0.3 is 0 Å². The molecule has 0 saturated carbocycles. The second kappa shape index (κ2) is 7.48. The second-order valence-corrected chi connectivity index (χ2v) is 9.07. The van der Waals surface area contributed by atoms with Gasteiger partial charge in [-0.25, -0.2) is 0 Å². The maximum atomic E-state index is 13.1. The molecule has 2 aromatic rings. The first-order valence-electron chi connectivity index (χ1n) is 11.0. The first kappa shape index (κ1) is 18.7. The molecule has 1 N–H and O–H groups in total. The van der Waals surface area contributed by atoms with E-state index in [0.717, 1.165) is 58.5 Å². The topological polar surface area (TPSA) is 55.5 Å². The number of H-pyrrole nitrogens is 1. The molecular weight excluding hydrogens is 362 g/mol. The minimum Gasteiger partial charge on any atom is -0.369 e. The lowest BCUT2D eigenvalue weighted by atomic mass is 9.77. The lowest BCUT2D eigenvalue weighted by molar-refractivity contribution is -0.134. The maximum Gasteiger partial charge on any atom is 0.236 e. The molecule has 1 aromatic carbocycles. The average Bonchev–Trinajstić information content (AvgIpc) is 3.34. The Hall–Kier alpha value is -2.34. The summed E-state index contributed by atoms with van der Waals surface area (Å²) in [7, 11) is 0. The minimum atomic E-state index is 0.115. The zero-order chi connectivity index (χ0) is 19.8. The predicted molar refractivity (Wildman–Crippen MR) is 114 cm³/mol. The molecule has 6 heteroatoms. The summed E-state index contributed by atoms with van der Waals surface area (Å²) in [6.07, 6.45) is 6.47. The monoisotopic (exact) mass is 393 g/mol. The summed E-state index contributed by atoms with van der Waals surface area (Å²) in [5.74, 6) is 0.293. The van der Waals surface area contributed by atoms with Crippen molar-refractivity contribution in [3.63, 3.8) is 0 Å². The van der Waals surface area contributed by atoms with Crippen molar-refractivity contribution in [1.29, 1.82) is 0 Å². The number of aromatic nitrogens is 2. The molecule has 0 bridgehead atoms. The molecule has 1 amide bonds. The first-order chi connectivity index (χ1) is 14.1. The van der Waals surface area contributed by atoms with Crippen LogP contribution in [0.5, 0.6) is 0 Å². The zero-order valence-corrected chi connectivity index (χ0v) is 17.4. The normalized spacial score (nSPS) is 24.9. The average molecular weight is 394 g/mol. The quantitative estimate of drug-likeness (QED) is 0.870. The van der Waals surface area contributed by atoms with E-state index in [1.165, 1.54) is 28.9 Å². The zero-order valence-electron chi connectivity index (χ0n) is 17.4. The van der Waals surface area contributed by atoms with Gasteiger partial charge in [-0.05, 0) is 55.9 Å². The van der Waals surface area contributed by atoms with Crippen molar-refractivity contribution in [2.24, 2.45) is 0 Å². The van der Waals surface area contributed by atoms with Crippen molar-refractivity contribution in [2.45, 2.75) is 38.0 Å². The molecule has 3 aliphatic rings. The third kappa shape index (κ3) is 3.54. The third-order valence-electron chi connectivity index (χ3n) is 7.15. The van der Waals surface area contributed by atoms with E-state index in [1.807, 2.05) is 6.20 Å². The molecular formula is C23H31N5O. The summed E-state index contributed by atoms with van der Waals surface area (Å²) in [4.78, 5) is 20.0. The molecule has 154 valence electrons. The van der Waals surface area contributed by atoms with Gasteiger partial charge in [0.2, 0.25) is 5.91 Å².